The van der Waals surface area contributed by atoms with E-state index >= 15 is 0 Å². The van der Waals surface area contributed by atoms with Crippen LogP contribution in [0.5, 0.6) is 0 Å². The lowest BCUT2D eigenvalue weighted by molar-refractivity contribution is -0.145. The maximum atomic E-state index is 13.1. The molecule has 0 aromatic heterocycles. The van der Waals surface area contributed by atoms with Crippen LogP contribution in [0.15, 0.2) is 48.5 Å². The van der Waals surface area contributed by atoms with Crippen molar-refractivity contribution in [2.75, 3.05) is 19.0 Å². The Hall–Kier alpha value is -2.89. The van der Waals surface area contributed by atoms with Gasteiger partial charge in [0.15, 0.2) is 0 Å². The quantitative estimate of drug-likeness (QED) is 0.790. The minimum absolute atomic E-state index is 0.113. The molecule has 2 aromatic rings. The minimum atomic E-state index is -0.510. The van der Waals surface area contributed by atoms with Crippen molar-refractivity contribution in [1.29, 1.82) is 0 Å². The third-order valence-corrected chi connectivity index (χ3v) is 3.69. The van der Waals surface area contributed by atoms with Crippen LogP contribution in [-0.2, 0) is 16.0 Å². The number of anilines is 1. The Bertz CT molecular complexity index is 749. The molecule has 1 unspecified atom stereocenters. The molecule has 0 bridgehead atoms. The number of aryl methyl sites for hydroxylation is 1. The zero-order valence-corrected chi connectivity index (χ0v) is 14.2. The highest BCUT2D eigenvalue weighted by Gasteiger charge is 2.20. The second-order valence-corrected chi connectivity index (χ2v) is 5.76. The number of esters is 1. The van der Waals surface area contributed by atoms with E-state index in [0.29, 0.717) is 12.1 Å². The number of nitrogens with one attached hydrogen (secondary N) is 2. The fourth-order valence-corrected chi connectivity index (χ4v) is 2.49. The maximum absolute atomic E-state index is 13.1. The molecule has 2 N–H and O–H groups in total. The predicted octanol–water partition coefficient (Wildman–Crippen LogP) is 3.29. The van der Waals surface area contributed by atoms with Crippen molar-refractivity contribution in [3.8, 4) is 0 Å². The molecule has 132 valence electrons. The predicted molar refractivity (Wildman–Crippen MR) is 93.8 cm³/mol. The Labute approximate surface area is 146 Å². The van der Waals surface area contributed by atoms with Gasteiger partial charge in [0.05, 0.1) is 13.0 Å². The van der Waals surface area contributed by atoms with Gasteiger partial charge >= 0.3 is 12.0 Å². The SMILES string of the molecule is COC(=O)C(CNC(=O)Nc1cccc(F)c1)Cc1cccc(C)c1. The fraction of sp³-hybridized carbons (Fsp3) is 0.263. The molecule has 0 aliphatic carbocycles. The van der Waals surface area contributed by atoms with E-state index in [9.17, 15) is 14.0 Å². The zero-order chi connectivity index (χ0) is 18.2. The molecular weight excluding hydrogens is 323 g/mol. The molecule has 6 heteroatoms. The summed E-state index contributed by atoms with van der Waals surface area (Å²) in [6.07, 6.45) is 0.453. The molecule has 0 radical (unpaired) electrons. The Morgan fingerprint density at radius 2 is 1.92 bits per heavy atom. The lowest BCUT2D eigenvalue weighted by atomic mass is 9.98. The molecular formula is C19H21FN2O3. The van der Waals surface area contributed by atoms with E-state index in [-0.39, 0.29) is 6.54 Å². The number of carbonyl (C=O) groups is 2. The van der Waals surface area contributed by atoms with Gasteiger partial charge in [0, 0.05) is 12.2 Å². The number of halogens is 1. The fourth-order valence-electron chi connectivity index (χ4n) is 2.49. The summed E-state index contributed by atoms with van der Waals surface area (Å²) in [7, 11) is 1.32. The van der Waals surface area contributed by atoms with Crippen LogP contribution in [0, 0.1) is 18.7 Å². The van der Waals surface area contributed by atoms with Crippen LogP contribution in [0.3, 0.4) is 0 Å². The van der Waals surface area contributed by atoms with Crippen molar-refractivity contribution in [3.05, 3.63) is 65.5 Å². The first kappa shape index (κ1) is 18.4. The van der Waals surface area contributed by atoms with E-state index < -0.39 is 23.7 Å². The molecule has 0 spiro atoms. The van der Waals surface area contributed by atoms with Gasteiger partial charge in [-0.2, -0.15) is 0 Å². The molecule has 1 atom stereocenters. The third-order valence-electron chi connectivity index (χ3n) is 3.69. The smallest absolute Gasteiger partial charge is 0.319 e. The van der Waals surface area contributed by atoms with Crippen molar-refractivity contribution in [2.45, 2.75) is 13.3 Å². The van der Waals surface area contributed by atoms with Crippen LogP contribution in [0.4, 0.5) is 14.9 Å². The standard InChI is InChI=1S/C19H21FN2O3/c1-13-5-3-6-14(9-13)10-15(18(23)25-2)12-21-19(24)22-17-8-4-7-16(20)11-17/h3-9,11,15H,10,12H2,1-2H3,(H2,21,22,24). The maximum Gasteiger partial charge on any atom is 0.319 e. The number of hydrogen-bond acceptors (Lipinski definition) is 3. The normalized spacial score (nSPS) is 11.5. The van der Waals surface area contributed by atoms with Gasteiger partial charge < -0.3 is 15.4 Å². The van der Waals surface area contributed by atoms with Gasteiger partial charge in [-0.3, -0.25) is 4.79 Å². The number of amides is 2. The molecule has 5 nitrogen and oxygen atoms in total. The van der Waals surface area contributed by atoms with Crippen LogP contribution in [0.25, 0.3) is 0 Å². The number of methoxy groups -OCH3 is 1. The van der Waals surface area contributed by atoms with Gasteiger partial charge in [-0.25, -0.2) is 9.18 Å². The minimum Gasteiger partial charge on any atom is -0.469 e. The molecule has 2 amide bonds. The van der Waals surface area contributed by atoms with E-state index in [1.807, 2.05) is 31.2 Å². The molecule has 0 aliphatic rings. The summed E-state index contributed by atoms with van der Waals surface area (Å²) in [6.45, 7) is 2.09. The molecule has 25 heavy (non-hydrogen) atoms. The summed E-state index contributed by atoms with van der Waals surface area (Å²) in [5, 5.41) is 5.15. The molecule has 0 heterocycles. The highest BCUT2D eigenvalue weighted by molar-refractivity contribution is 5.89. The number of urea groups is 1. The summed E-state index contributed by atoms with van der Waals surface area (Å²) in [5.74, 6) is -1.35. The average Bonchev–Trinajstić information content (AvgIpc) is 2.58. The highest BCUT2D eigenvalue weighted by atomic mass is 19.1. The lowest BCUT2D eigenvalue weighted by Crippen LogP contribution is -2.37. The summed E-state index contributed by atoms with van der Waals surface area (Å²) < 4.78 is 17.9. The van der Waals surface area contributed by atoms with Crippen molar-refractivity contribution in [1.82, 2.24) is 5.32 Å². The van der Waals surface area contributed by atoms with Gasteiger partial charge in [0.25, 0.3) is 0 Å². The van der Waals surface area contributed by atoms with Crippen LogP contribution >= 0.6 is 0 Å². The number of hydrogen-bond donors (Lipinski definition) is 2. The summed E-state index contributed by atoms with van der Waals surface area (Å²) in [4.78, 5) is 23.9. The molecule has 2 aromatic carbocycles. The van der Waals surface area contributed by atoms with Crippen LogP contribution in [-0.4, -0.2) is 25.7 Å². The van der Waals surface area contributed by atoms with Gasteiger partial charge in [-0.15, -0.1) is 0 Å². The highest BCUT2D eigenvalue weighted by Crippen LogP contribution is 2.12. The van der Waals surface area contributed by atoms with Gasteiger partial charge in [-0.05, 0) is 37.1 Å². The largest absolute Gasteiger partial charge is 0.469 e. The van der Waals surface area contributed by atoms with Crippen molar-refractivity contribution < 1.29 is 18.7 Å². The number of ether oxygens (including phenoxy) is 1. The first-order chi connectivity index (χ1) is 12.0. The second-order valence-electron chi connectivity index (χ2n) is 5.76. The Morgan fingerprint density at radius 3 is 2.60 bits per heavy atom. The van der Waals surface area contributed by atoms with Crippen LogP contribution in [0.1, 0.15) is 11.1 Å². The summed E-state index contributed by atoms with van der Waals surface area (Å²) >= 11 is 0. The van der Waals surface area contributed by atoms with E-state index in [1.54, 1.807) is 6.07 Å². The summed E-state index contributed by atoms with van der Waals surface area (Å²) in [5.41, 5.74) is 2.42. The van der Waals surface area contributed by atoms with Crippen molar-refractivity contribution in [3.63, 3.8) is 0 Å². The van der Waals surface area contributed by atoms with E-state index in [4.69, 9.17) is 4.74 Å². The Morgan fingerprint density at radius 1 is 1.16 bits per heavy atom. The van der Waals surface area contributed by atoms with E-state index in [0.717, 1.165) is 11.1 Å². The monoisotopic (exact) mass is 344 g/mol. The van der Waals surface area contributed by atoms with Crippen LogP contribution < -0.4 is 10.6 Å². The van der Waals surface area contributed by atoms with E-state index in [1.165, 1.54) is 25.3 Å². The lowest BCUT2D eigenvalue weighted by Gasteiger charge is -2.16. The van der Waals surface area contributed by atoms with Gasteiger partial charge in [-0.1, -0.05) is 35.9 Å². The summed E-state index contributed by atoms with van der Waals surface area (Å²) in [6, 6.07) is 12.9. The second kappa shape index (κ2) is 8.82. The Balaban J connectivity index is 1.95. The average molecular weight is 344 g/mol. The Kier molecular flexibility index (Phi) is 6.51. The number of benzene rings is 2. The topological polar surface area (TPSA) is 67.4 Å². The molecule has 2 rings (SSSR count). The number of rotatable bonds is 6. The third kappa shape index (κ3) is 5.91. The zero-order valence-electron chi connectivity index (χ0n) is 14.2. The molecule has 0 fully saturated rings. The first-order valence-corrected chi connectivity index (χ1v) is 7.91. The van der Waals surface area contributed by atoms with Crippen LogP contribution in [0.2, 0.25) is 0 Å². The van der Waals surface area contributed by atoms with E-state index in [2.05, 4.69) is 10.6 Å². The first-order valence-electron chi connectivity index (χ1n) is 7.91. The van der Waals surface area contributed by atoms with Crippen molar-refractivity contribution >= 4 is 17.7 Å². The molecule has 0 saturated heterocycles. The van der Waals surface area contributed by atoms with Gasteiger partial charge in [0.1, 0.15) is 5.82 Å². The van der Waals surface area contributed by atoms with Crippen molar-refractivity contribution in [2.24, 2.45) is 5.92 Å². The van der Waals surface area contributed by atoms with Gasteiger partial charge in [0.2, 0.25) is 0 Å². The molecule has 0 aliphatic heterocycles. The number of carbonyl (C=O) groups excluding carboxylic acids is 2. The molecule has 0 saturated carbocycles.